The predicted molar refractivity (Wildman–Crippen MR) is 110 cm³/mol. The van der Waals surface area contributed by atoms with Gasteiger partial charge in [0.1, 0.15) is 16.8 Å². The highest BCUT2D eigenvalue weighted by atomic mass is 32.2. The first-order chi connectivity index (χ1) is 14.1. The Morgan fingerprint density at radius 3 is 2.66 bits per heavy atom. The SMILES string of the molecule is COc1ccc(N2C(=O)CC(Sc3nc4c(cc3C#N)CCCCC4)C2=O)cc1. The van der Waals surface area contributed by atoms with Crippen molar-refractivity contribution in [3.05, 3.63) is 47.2 Å². The zero-order valence-corrected chi connectivity index (χ0v) is 17.0. The summed E-state index contributed by atoms with van der Waals surface area (Å²) in [6.07, 6.45) is 5.28. The van der Waals surface area contributed by atoms with Crippen LogP contribution in [0.1, 0.15) is 42.5 Å². The van der Waals surface area contributed by atoms with E-state index in [4.69, 9.17) is 9.72 Å². The molecule has 1 atom stereocenters. The number of imide groups is 1. The lowest BCUT2D eigenvalue weighted by molar-refractivity contribution is -0.121. The van der Waals surface area contributed by atoms with Gasteiger partial charge in [-0.25, -0.2) is 9.88 Å². The molecule has 1 fully saturated rings. The number of aryl methyl sites for hydroxylation is 2. The van der Waals surface area contributed by atoms with E-state index in [1.54, 1.807) is 31.4 Å². The van der Waals surface area contributed by atoms with Crippen molar-refractivity contribution in [2.24, 2.45) is 0 Å². The first kappa shape index (κ1) is 19.5. The van der Waals surface area contributed by atoms with Crippen LogP contribution < -0.4 is 9.64 Å². The summed E-state index contributed by atoms with van der Waals surface area (Å²) in [6.45, 7) is 0. The minimum absolute atomic E-state index is 0.0964. The van der Waals surface area contributed by atoms with Gasteiger partial charge in [0.2, 0.25) is 11.8 Å². The quantitative estimate of drug-likeness (QED) is 0.568. The van der Waals surface area contributed by atoms with Crippen LogP contribution in [0.3, 0.4) is 0 Å². The Kier molecular flexibility index (Phi) is 5.54. The molecule has 0 radical (unpaired) electrons. The summed E-state index contributed by atoms with van der Waals surface area (Å²) in [6, 6.07) is 11.0. The van der Waals surface area contributed by atoms with Crippen molar-refractivity contribution in [2.45, 2.75) is 48.8 Å². The van der Waals surface area contributed by atoms with Gasteiger partial charge in [0.05, 0.1) is 23.6 Å². The maximum atomic E-state index is 13.0. The van der Waals surface area contributed by atoms with Gasteiger partial charge in [0, 0.05) is 12.1 Å². The number of aromatic nitrogens is 1. The van der Waals surface area contributed by atoms with Gasteiger partial charge in [0.25, 0.3) is 0 Å². The molecule has 4 rings (SSSR count). The highest BCUT2D eigenvalue weighted by Crippen LogP contribution is 2.36. The molecule has 2 aliphatic rings. The van der Waals surface area contributed by atoms with Crippen molar-refractivity contribution in [2.75, 3.05) is 12.0 Å². The van der Waals surface area contributed by atoms with Crippen molar-refractivity contribution in [1.29, 1.82) is 5.26 Å². The Bertz CT molecular complexity index is 998. The Morgan fingerprint density at radius 2 is 1.93 bits per heavy atom. The zero-order valence-electron chi connectivity index (χ0n) is 16.2. The molecule has 29 heavy (non-hydrogen) atoms. The van der Waals surface area contributed by atoms with E-state index in [0.717, 1.165) is 43.4 Å². The minimum atomic E-state index is -0.576. The fourth-order valence-corrected chi connectivity index (χ4v) is 4.89. The molecular formula is C22H21N3O3S. The molecule has 148 valence electrons. The summed E-state index contributed by atoms with van der Waals surface area (Å²) in [7, 11) is 1.56. The van der Waals surface area contributed by atoms with E-state index < -0.39 is 5.25 Å². The van der Waals surface area contributed by atoms with Gasteiger partial charge in [-0.2, -0.15) is 5.26 Å². The van der Waals surface area contributed by atoms with Crippen molar-refractivity contribution >= 4 is 29.3 Å². The molecule has 2 aromatic rings. The fourth-order valence-electron chi connectivity index (χ4n) is 3.79. The van der Waals surface area contributed by atoms with Gasteiger partial charge in [-0.15, -0.1) is 0 Å². The van der Waals surface area contributed by atoms with Crippen LogP contribution in [-0.4, -0.2) is 29.2 Å². The van der Waals surface area contributed by atoms with Gasteiger partial charge >= 0.3 is 0 Å². The number of amides is 2. The number of rotatable bonds is 4. The molecular weight excluding hydrogens is 386 g/mol. The number of anilines is 1. The van der Waals surface area contributed by atoms with Gasteiger partial charge < -0.3 is 4.74 Å². The Labute approximate surface area is 173 Å². The molecule has 2 amide bonds. The van der Waals surface area contributed by atoms with E-state index >= 15 is 0 Å². The molecule has 0 saturated carbocycles. The average Bonchev–Trinajstić information content (AvgIpc) is 2.89. The Balaban J connectivity index is 1.58. The van der Waals surface area contributed by atoms with E-state index in [0.29, 0.717) is 22.0 Å². The lowest BCUT2D eigenvalue weighted by Crippen LogP contribution is -2.31. The fraction of sp³-hybridized carbons (Fsp3) is 0.364. The van der Waals surface area contributed by atoms with Crippen LogP contribution in [0.25, 0.3) is 0 Å². The number of ether oxygens (including phenoxy) is 1. The van der Waals surface area contributed by atoms with Crippen LogP contribution in [0.5, 0.6) is 5.75 Å². The van der Waals surface area contributed by atoms with E-state index in [9.17, 15) is 14.9 Å². The topological polar surface area (TPSA) is 83.3 Å². The molecule has 2 heterocycles. The number of pyridine rings is 1. The van der Waals surface area contributed by atoms with E-state index in [1.165, 1.54) is 16.7 Å². The van der Waals surface area contributed by atoms with Gasteiger partial charge in [-0.1, -0.05) is 18.2 Å². The number of carbonyl (C=O) groups excluding carboxylic acids is 2. The van der Waals surface area contributed by atoms with Crippen LogP contribution in [0.15, 0.2) is 35.4 Å². The molecule has 0 N–H and O–H groups in total. The van der Waals surface area contributed by atoms with E-state index in [2.05, 4.69) is 6.07 Å². The van der Waals surface area contributed by atoms with Gasteiger partial charge in [-0.3, -0.25) is 9.59 Å². The first-order valence-electron chi connectivity index (χ1n) is 9.71. The predicted octanol–water partition coefficient (Wildman–Crippen LogP) is 3.65. The lowest BCUT2D eigenvalue weighted by atomic mass is 10.1. The number of hydrogen-bond acceptors (Lipinski definition) is 6. The highest BCUT2D eigenvalue weighted by molar-refractivity contribution is 8.00. The number of benzene rings is 1. The molecule has 7 heteroatoms. The van der Waals surface area contributed by atoms with Gasteiger partial charge in [0.15, 0.2) is 0 Å². The minimum Gasteiger partial charge on any atom is -0.497 e. The van der Waals surface area contributed by atoms with Crippen molar-refractivity contribution in [3.8, 4) is 11.8 Å². The summed E-state index contributed by atoms with van der Waals surface area (Å²) in [5.41, 5.74) is 3.17. The third-order valence-electron chi connectivity index (χ3n) is 5.33. The maximum absolute atomic E-state index is 13.0. The second-order valence-electron chi connectivity index (χ2n) is 7.20. The molecule has 1 aliphatic heterocycles. The van der Waals surface area contributed by atoms with Crippen LogP contribution in [0, 0.1) is 11.3 Å². The number of methoxy groups -OCH3 is 1. The number of nitrogens with zero attached hydrogens (tertiary/aromatic N) is 3. The normalized spacial score (nSPS) is 18.9. The Morgan fingerprint density at radius 1 is 1.17 bits per heavy atom. The molecule has 6 nitrogen and oxygen atoms in total. The van der Waals surface area contributed by atoms with Crippen LogP contribution in [0.2, 0.25) is 0 Å². The number of nitriles is 1. The zero-order chi connectivity index (χ0) is 20.4. The molecule has 0 bridgehead atoms. The number of hydrogen-bond donors (Lipinski definition) is 0. The summed E-state index contributed by atoms with van der Waals surface area (Å²) in [5, 5.41) is 9.56. The van der Waals surface area contributed by atoms with Gasteiger partial charge in [-0.05, 0) is 61.6 Å². The van der Waals surface area contributed by atoms with Crippen molar-refractivity contribution in [3.63, 3.8) is 0 Å². The standard InChI is InChI=1S/C22H21N3O3S/c1-28-17-9-7-16(8-10-17)25-20(26)12-19(22(25)27)29-21-15(13-23)11-14-5-3-2-4-6-18(14)24-21/h7-11,19H,2-6,12H2,1H3. The van der Waals surface area contributed by atoms with E-state index in [-0.39, 0.29) is 18.2 Å². The van der Waals surface area contributed by atoms with Crippen LogP contribution >= 0.6 is 11.8 Å². The molecule has 1 unspecified atom stereocenters. The van der Waals surface area contributed by atoms with Crippen molar-refractivity contribution in [1.82, 2.24) is 4.98 Å². The maximum Gasteiger partial charge on any atom is 0.247 e. The summed E-state index contributed by atoms with van der Waals surface area (Å²) < 4.78 is 5.13. The lowest BCUT2D eigenvalue weighted by Gasteiger charge is -2.16. The second kappa shape index (κ2) is 8.26. The third kappa shape index (κ3) is 3.85. The molecule has 1 aromatic heterocycles. The largest absolute Gasteiger partial charge is 0.497 e. The Hall–Kier alpha value is -2.85. The van der Waals surface area contributed by atoms with E-state index in [1.807, 2.05) is 6.07 Å². The summed E-state index contributed by atoms with van der Waals surface area (Å²) in [4.78, 5) is 31.5. The highest BCUT2D eigenvalue weighted by Gasteiger charge is 2.40. The molecule has 0 spiro atoms. The van der Waals surface area contributed by atoms with Crippen LogP contribution in [0.4, 0.5) is 5.69 Å². The molecule has 1 saturated heterocycles. The summed E-state index contributed by atoms with van der Waals surface area (Å²) >= 11 is 1.23. The number of fused-ring (bicyclic) bond motifs is 1. The molecule has 1 aromatic carbocycles. The first-order valence-corrected chi connectivity index (χ1v) is 10.6. The number of carbonyl (C=O) groups is 2. The summed E-state index contributed by atoms with van der Waals surface area (Å²) in [5.74, 6) is 0.142. The van der Waals surface area contributed by atoms with Crippen molar-refractivity contribution < 1.29 is 14.3 Å². The average molecular weight is 407 g/mol. The van der Waals surface area contributed by atoms with Crippen LogP contribution in [-0.2, 0) is 22.4 Å². The number of thioether (sulfide) groups is 1. The smallest absolute Gasteiger partial charge is 0.247 e. The molecule has 1 aliphatic carbocycles. The third-order valence-corrected chi connectivity index (χ3v) is 6.51. The monoisotopic (exact) mass is 407 g/mol. The second-order valence-corrected chi connectivity index (χ2v) is 8.39.